The number of H-pyrrole nitrogens is 1. The Kier molecular flexibility index (Phi) is 4.50. The van der Waals surface area contributed by atoms with Gasteiger partial charge in [0, 0.05) is 27.2 Å². The van der Waals surface area contributed by atoms with Crippen LogP contribution in [-0.2, 0) is 4.79 Å². The topological polar surface area (TPSA) is 66.9 Å². The molecule has 5 nitrogen and oxygen atoms in total. The first-order chi connectivity index (χ1) is 14.3. The molecule has 1 aliphatic heterocycles. The van der Waals surface area contributed by atoms with Crippen molar-refractivity contribution in [3.8, 4) is 5.69 Å². The highest BCUT2D eigenvalue weighted by Crippen LogP contribution is 2.47. The first kappa shape index (κ1) is 19.4. The van der Waals surface area contributed by atoms with Gasteiger partial charge in [0.1, 0.15) is 5.82 Å². The molecular formula is C24H22IN3O2. The summed E-state index contributed by atoms with van der Waals surface area (Å²) in [6.45, 7) is 4.23. The molecule has 1 unspecified atom stereocenters. The Labute approximate surface area is 188 Å². The lowest BCUT2D eigenvalue weighted by Crippen LogP contribution is -2.35. The van der Waals surface area contributed by atoms with E-state index in [1.54, 1.807) is 4.68 Å². The van der Waals surface area contributed by atoms with Gasteiger partial charge in [0.2, 0.25) is 0 Å². The SMILES string of the molecule is CC1(C)CC(=O)C2=C(C1)Nc1[nH]n(-c3ccccc3)c(=O)c1C2c1ccc(I)cc1. The summed E-state index contributed by atoms with van der Waals surface area (Å²) in [4.78, 5) is 26.8. The van der Waals surface area contributed by atoms with E-state index in [0.29, 0.717) is 17.8 Å². The van der Waals surface area contributed by atoms with Crippen LogP contribution in [0.2, 0.25) is 0 Å². The van der Waals surface area contributed by atoms with Crippen LogP contribution in [0.15, 0.2) is 70.7 Å². The van der Waals surface area contributed by atoms with Crippen LogP contribution in [0, 0.1) is 8.99 Å². The van der Waals surface area contributed by atoms with E-state index in [4.69, 9.17) is 0 Å². The maximum atomic E-state index is 13.5. The minimum absolute atomic E-state index is 0.112. The third-order valence-corrected chi connectivity index (χ3v) is 6.64. The van der Waals surface area contributed by atoms with E-state index in [0.717, 1.165) is 32.5 Å². The van der Waals surface area contributed by atoms with E-state index in [1.807, 2.05) is 54.6 Å². The summed E-state index contributed by atoms with van der Waals surface area (Å²) in [5.74, 6) is 0.428. The molecule has 1 aromatic heterocycles. The molecule has 0 radical (unpaired) electrons. The van der Waals surface area contributed by atoms with E-state index in [2.05, 4.69) is 46.9 Å². The largest absolute Gasteiger partial charge is 0.343 e. The fourth-order valence-electron chi connectivity index (χ4n) is 4.64. The van der Waals surface area contributed by atoms with Crippen LogP contribution in [0.5, 0.6) is 0 Å². The molecule has 1 atom stereocenters. The average molecular weight is 511 g/mol. The van der Waals surface area contributed by atoms with Gasteiger partial charge in [-0.2, -0.15) is 0 Å². The third kappa shape index (κ3) is 3.14. The van der Waals surface area contributed by atoms with Gasteiger partial charge < -0.3 is 5.32 Å². The number of anilines is 1. The molecule has 1 aliphatic carbocycles. The number of carbonyl (C=O) groups is 1. The fraction of sp³-hybridized carbons (Fsp3) is 0.250. The third-order valence-electron chi connectivity index (χ3n) is 5.92. The zero-order valence-corrected chi connectivity index (χ0v) is 19.0. The van der Waals surface area contributed by atoms with Gasteiger partial charge in [0.05, 0.1) is 11.3 Å². The predicted octanol–water partition coefficient (Wildman–Crippen LogP) is 4.97. The molecule has 0 saturated carbocycles. The lowest BCUT2D eigenvalue weighted by atomic mass is 9.69. The number of carbonyl (C=O) groups excluding carboxylic acids is 1. The molecule has 0 saturated heterocycles. The highest BCUT2D eigenvalue weighted by molar-refractivity contribution is 14.1. The van der Waals surface area contributed by atoms with Crippen LogP contribution in [0.1, 0.15) is 43.7 Å². The Bertz CT molecular complexity index is 1230. The van der Waals surface area contributed by atoms with Crippen molar-refractivity contribution in [1.82, 2.24) is 9.78 Å². The number of aromatic nitrogens is 2. The van der Waals surface area contributed by atoms with E-state index in [9.17, 15) is 9.59 Å². The van der Waals surface area contributed by atoms with Crippen LogP contribution in [0.25, 0.3) is 5.69 Å². The van der Waals surface area contributed by atoms with Crippen molar-refractivity contribution in [2.24, 2.45) is 5.41 Å². The average Bonchev–Trinajstić information content (AvgIpc) is 3.03. The standard InChI is InChI=1S/C24H22IN3O2/c1-24(2)12-17-20(18(29)13-24)19(14-8-10-15(25)11-9-14)21-22(26-17)27-28(23(21)30)16-6-4-3-5-7-16/h3-11,19,26-27H,12-13H2,1-2H3. The van der Waals surface area contributed by atoms with Gasteiger partial charge >= 0.3 is 0 Å². The molecule has 0 spiro atoms. The molecule has 3 aromatic rings. The van der Waals surface area contributed by atoms with Crippen LogP contribution < -0.4 is 10.9 Å². The number of fused-ring (bicyclic) bond motifs is 1. The molecule has 2 heterocycles. The second-order valence-corrected chi connectivity index (χ2v) is 10.1. The van der Waals surface area contributed by atoms with E-state index in [-0.39, 0.29) is 22.7 Å². The van der Waals surface area contributed by atoms with E-state index < -0.39 is 0 Å². The van der Waals surface area contributed by atoms with Crippen LogP contribution in [0.3, 0.4) is 0 Å². The smallest absolute Gasteiger partial charge is 0.277 e. The van der Waals surface area contributed by atoms with Gasteiger partial charge in [0.25, 0.3) is 5.56 Å². The molecule has 0 amide bonds. The Morgan fingerprint density at radius 2 is 1.70 bits per heavy atom. The van der Waals surface area contributed by atoms with Crippen molar-refractivity contribution in [2.75, 3.05) is 5.32 Å². The highest BCUT2D eigenvalue weighted by atomic mass is 127. The monoisotopic (exact) mass is 511 g/mol. The summed E-state index contributed by atoms with van der Waals surface area (Å²) < 4.78 is 2.68. The number of allylic oxidation sites excluding steroid dienone is 2. The number of nitrogens with one attached hydrogen (secondary N) is 2. The van der Waals surface area contributed by atoms with Gasteiger partial charge in [-0.15, -0.1) is 0 Å². The predicted molar refractivity (Wildman–Crippen MR) is 126 cm³/mol. The molecule has 0 bridgehead atoms. The summed E-state index contributed by atoms with van der Waals surface area (Å²) in [6, 6.07) is 17.6. The van der Waals surface area contributed by atoms with Crippen LogP contribution in [-0.4, -0.2) is 15.6 Å². The zero-order valence-electron chi connectivity index (χ0n) is 16.8. The molecule has 0 fully saturated rings. The van der Waals surface area contributed by atoms with Gasteiger partial charge in [-0.1, -0.05) is 44.2 Å². The summed E-state index contributed by atoms with van der Waals surface area (Å²) >= 11 is 2.27. The van der Waals surface area contributed by atoms with Crippen molar-refractivity contribution >= 4 is 34.2 Å². The van der Waals surface area contributed by atoms with Gasteiger partial charge in [0.15, 0.2) is 5.78 Å². The maximum absolute atomic E-state index is 13.5. The molecule has 2 N–H and O–H groups in total. The fourth-order valence-corrected chi connectivity index (χ4v) is 5.00. The highest BCUT2D eigenvalue weighted by Gasteiger charge is 2.42. The minimum atomic E-state index is -0.370. The Morgan fingerprint density at radius 1 is 1.00 bits per heavy atom. The number of halogens is 1. The molecule has 6 heteroatoms. The molecule has 2 aromatic carbocycles. The van der Waals surface area contributed by atoms with E-state index in [1.165, 1.54) is 0 Å². The lowest BCUT2D eigenvalue weighted by molar-refractivity contribution is -0.118. The van der Waals surface area contributed by atoms with Gasteiger partial charge in [-0.05, 0) is 64.3 Å². The van der Waals surface area contributed by atoms with Gasteiger partial charge in [-0.3, -0.25) is 14.7 Å². The zero-order chi connectivity index (χ0) is 21.0. The number of nitrogens with zero attached hydrogens (tertiary/aromatic N) is 1. The molecule has 30 heavy (non-hydrogen) atoms. The molecule has 152 valence electrons. The Morgan fingerprint density at radius 3 is 2.40 bits per heavy atom. The number of benzene rings is 2. The normalized spacial score (nSPS) is 19.8. The van der Waals surface area contributed by atoms with Crippen molar-refractivity contribution in [1.29, 1.82) is 0 Å². The Balaban J connectivity index is 1.74. The second kappa shape index (κ2) is 6.97. The van der Waals surface area contributed by atoms with Crippen molar-refractivity contribution in [3.05, 3.63) is 90.9 Å². The summed E-state index contributed by atoms with van der Waals surface area (Å²) in [5, 5.41) is 6.66. The van der Waals surface area contributed by atoms with Crippen LogP contribution in [0.4, 0.5) is 5.82 Å². The summed E-state index contributed by atoms with van der Waals surface area (Å²) in [6.07, 6.45) is 1.26. The molecule has 2 aliphatic rings. The number of hydrogen-bond acceptors (Lipinski definition) is 3. The maximum Gasteiger partial charge on any atom is 0.277 e. The van der Waals surface area contributed by atoms with Gasteiger partial charge in [-0.25, -0.2) is 4.68 Å². The van der Waals surface area contributed by atoms with Crippen molar-refractivity contribution < 1.29 is 4.79 Å². The van der Waals surface area contributed by atoms with Crippen LogP contribution >= 0.6 is 22.6 Å². The molecular weight excluding hydrogens is 489 g/mol. The summed E-state index contributed by atoms with van der Waals surface area (Å²) in [7, 11) is 0. The molecule has 5 rings (SSSR count). The first-order valence-electron chi connectivity index (χ1n) is 10.0. The lowest BCUT2D eigenvalue weighted by Gasteiger charge is -2.37. The number of para-hydroxylation sites is 1. The number of aromatic amines is 1. The Hall–Kier alpha value is -2.61. The van der Waals surface area contributed by atoms with E-state index >= 15 is 0 Å². The second-order valence-electron chi connectivity index (χ2n) is 8.82. The van der Waals surface area contributed by atoms with Crippen molar-refractivity contribution in [3.63, 3.8) is 0 Å². The minimum Gasteiger partial charge on any atom is -0.343 e. The quantitative estimate of drug-likeness (QED) is 0.478. The number of rotatable bonds is 2. The number of ketones is 1. The van der Waals surface area contributed by atoms with Crippen molar-refractivity contribution in [2.45, 2.75) is 32.6 Å². The number of Topliss-reactive ketones (excluding diaryl/α,β-unsaturated/α-hetero) is 1. The number of hydrogen-bond donors (Lipinski definition) is 2. The summed E-state index contributed by atoms with van der Waals surface area (Å²) in [5.41, 5.74) is 3.76. The first-order valence-corrected chi connectivity index (χ1v) is 11.1.